The molecular weight excluding hydrogens is 256 g/mol. The molecule has 6 nitrogen and oxygen atoms in total. The standard InChI is InChI=1S/C14H12N4O2/c1-2-20-11(19)12-4-3-10(5-12)13(6-15,7-16)14(12,8-17)9-18/h10H,2-5H2,1H3/t10-,12+/m0/s1. The second-order valence-corrected chi connectivity index (χ2v) is 5.25. The number of rotatable bonds is 2. The highest BCUT2D eigenvalue weighted by molar-refractivity contribution is 5.82. The van der Waals surface area contributed by atoms with E-state index in [1.807, 2.05) is 24.3 Å². The molecule has 0 heterocycles. The average molecular weight is 268 g/mol. The summed E-state index contributed by atoms with van der Waals surface area (Å²) < 4.78 is 5.03. The van der Waals surface area contributed by atoms with Gasteiger partial charge in [0.05, 0.1) is 30.9 Å². The van der Waals surface area contributed by atoms with Crippen LogP contribution in [0.2, 0.25) is 0 Å². The van der Waals surface area contributed by atoms with Crippen LogP contribution in [-0.2, 0) is 9.53 Å². The Kier molecular flexibility index (Phi) is 2.93. The maximum Gasteiger partial charge on any atom is 0.314 e. The number of ether oxygens (including phenoxy) is 1. The Morgan fingerprint density at radius 3 is 2.25 bits per heavy atom. The maximum absolute atomic E-state index is 12.3. The lowest BCUT2D eigenvalue weighted by Crippen LogP contribution is -2.52. The Labute approximate surface area is 116 Å². The first-order chi connectivity index (χ1) is 9.54. The smallest absolute Gasteiger partial charge is 0.314 e. The largest absolute Gasteiger partial charge is 0.465 e. The monoisotopic (exact) mass is 268 g/mol. The van der Waals surface area contributed by atoms with E-state index in [4.69, 9.17) is 4.74 Å². The topological polar surface area (TPSA) is 121 Å². The summed E-state index contributed by atoms with van der Waals surface area (Å²) in [5.41, 5.74) is -5.08. The van der Waals surface area contributed by atoms with Crippen molar-refractivity contribution in [3.05, 3.63) is 0 Å². The van der Waals surface area contributed by atoms with E-state index in [0.717, 1.165) is 0 Å². The average Bonchev–Trinajstić information content (AvgIpc) is 3.01. The highest BCUT2D eigenvalue weighted by Gasteiger charge is 2.80. The van der Waals surface area contributed by atoms with Gasteiger partial charge in [0.15, 0.2) is 10.8 Å². The van der Waals surface area contributed by atoms with Crippen LogP contribution in [0.3, 0.4) is 0 Å². The highest BCUT2D eigenvalue weighted by atomic mass is 16.5. The summed E-state index contributed by atoms with van der Waals surface area (Å²) in [5, 5.41) is 37.9. The van der Waals surface area contributed by atoms with Crippen LogP contribution in [0.25, 0.3) is 0 Å². The van der Waals surface area contributed by atoms with E-state index in [-0.39, 0.29) is 13.0 Å². The van der Waals surface area contributed by atoms with E-state index < -0.39 is 28.1 Å². The molecule has 100 valence electrons. The zero-order chi connectivity index (χ0) is 15.0. The first-order valence-electron chi connectivity index (χ1n) is 6.36. The van der Waals surface area contributed by atoms with E-state index in [9.17, 15) is 25.8 Å². The fourth-order valence-corrected chi connectivity index (χ4v) is 3.84. The van der Waals surface area contributed by atoms with Crippen LogP contribution in [0, 0.1) is 67.5 Å². The van der Waals surface area contributed by atoms with Crippen molar-refractivity contribution in [3.63, 3.8) is 0 Å². The molecule has 0 amide bonds. The molecule has 0 N–H and O–H groups in total. The molecule has 0 aromatic heterocycles. The fourth-order valence-electron chi connectivity index (χ4n) is 3.84. The summed E-state index contributed by atoms with van der Waals surface area (Å²) in [6.07, 6.45) is 0.974. The predicted octanol–water partition coefficient (Wildman–Crippen LogP) is 1.42. The van der Waals surface area contributed by atoms with Crippen molar-refractivity contribution in [1.29, 1.82) is 21.0 Å². The van der Waals surface area contributed by atoms with Crippen LogP contribution in [-0.4, -0.2) is 12.6 Å². The molecule has 2 saturated carbocycles. The van der Waals surface area contributed by atoms with Crippen molar-refractivity contribution in [2.45, 2.75) is 26.2 Å². The summed E-state index contributed by atoms with van der Waals surface area (Å²) in [6.45, 7) is 1.77. The molecule has 6 heteroatoms. The lowest BCUT2D eigenvalue weighted by molar-refractivity contribution is -0.160. The van der Waals surface area contributed by atoms with Crippen molar-refractivity contribution in [3.8, 4) is 24.3 Å². The van der Waals surface area contributed by atoms with Crippen LogP contribution in [0.1, 0.15) is 26.2 Å². The van der Waals surface area contributed by atoms with Gasteiger partial charge in [-0.05, 0) is 32.1 Å². The Morgan fingerprint density at radius 2 is 1.80 bits per heavy atom. The van der Waals surface area contributed by atoms with Crippen molar-refractivity contribution >= 4 is 5.97 Å². The lowest BCUT2D eigenvalue weighted by Gasteiger charge is -2.40. The molecule has 2 fully saturated rings. The number of fused-ring (bicyclic) bond motifs is 2. The molecule has 20 heavy (non-hydrogen) atoms. The first kappa shape index (κ1) is 13.9. The molecule has 2 bridgehead atoms. The number of hydrogen-bond acceptors (Lipinski definition) is 6. The van der Waals surface area contributed by atoms with Crippen LogP contribution in [0.15, 0.2) is 0 Å². The summed E-state index contributed by atoms with van der Waals surface area (Å²) in [5.74, 6) is -1.08. The van der Waals surface area contributed by atoms with E-state index in [0.29, 0.717) is 12.8 Å². The van der Waals surface area contributed by atoms with Crippen molar-refractivity contribution in [2.24, 2.45) is 22.2 Å². The predicted molar refractivity (Wildman–Crippen MR) is 63.7 cm³/mol. The van der Waals surface area contributed by atoms with Gasteiger partial charge < -0.3 is 4.74 Å². The number of carbonyl (C=O) groups is 1. The molecule has 2 atom stereocenters. The van der Waals surface area contributed by atoms with E-state index in [2.05, 4.69) is 0 Å². The number of nitriles is 4. The van der Waals surface area contributed by atoms with Crippen LogP contribution in [0.4, 0.5) is 0 Å². The minimum absolute atomic E-state index is 0.129. The lowest BCUT2D eigenvalue weighted by atomic mass is 9.53. The molecule has 0 radical (unpaired) electrons. The number of hydrogen-bond donors (Lipinski definition) is 0. The van der Waals surface area contributed by atoms with Gasteiger partial charge in [0.1, 0.15) is 5.41 Å². The van der Waals surface area contributed by atoms with Crippen LogP contribution < -0.4 is 0 Å². The highest BCUT2D eigenvalue weighted by Crippen LogP contribution is 2.72. The quantitative estimate of drug-likeness (QED) is 0.698. The van der Waals surface area contributed by atoms with E-state index in [1.54, 1.807) is 6.92 Å². The normalized spacial score (nSPS) is 31.4. The van der Waals surface area contributed by atoms with Crippen molar-refractivity contribution < 1.29 is 9.53 Å². The van der Waals surface area contributed by atoms with Gasteiger partial charge in [0.25, 0.3) is 0 Å². The van der Waals surface area contributed by atoms with E-state index in [1.165, 1.54) is 0 Å². The third kappa shape index (κ3) is 1.13. The summed E-state index contributed by atoms with van der Waals surface area (Å²) in [4.78, 5) is 12.3. The third-order valence-corrected chi connectivity index (χ3v) is 4.79. The second-order valence-electron chi connectivity index (χ2n) is 5.25. The van der Waals surface area contributed by atoms with Crippen LogP contribution >= 0.6 is 0 Å². The van der Waals surface area contributed by atoms with Gasteiger partial charge in [-0.3, -0.25) is 4.79 Å². The van der Waals surface area contributed by atoms with Gasteiger partial charge in [-0.15, -0.1) is 0 Å². The van der Waals surface area contributed by atoms with Gasteiger partial charge in [0, 0.05) is 0 Å². The van der Waals surface area contributed by atoms with Gasteiger partial charge in [-0.1, -0.05) is 0 Å². The number of carbonyl (C=O) groups excluding carboxylic acids is 1. The van der Waals surface area contributed by atoms with E-state index >= 15 is 0 Å². The second kappa shape index (κ2) is 4.22. The summed E-state index contributed by atoms with van der Waals surface area (Å²) in [7, 11) is 0. The molecule has 0 spiro atoms. The van der Waals surface area contributed by atoms with Gasteiger partial charge in [0.2, 0.25) is 0 Å². The molecule has 2 aliphatic rings. The molecule has 2 aliphatic carbocycles. The Balaban J connectivity index is 2.72. The molecule has 0 aromatic carbocycles. The zero-order valence-corrected chi connectivity index (χ0v) is 11.0. The molecule has 2 rings (SSSR count). The Morgan fingerprint density at radius 1 is 1.20 bits per heavy atom. The Bertz CT molecular complexity index is 600. The summed E-state index contributed by atoms with van der Waals surface area (Å²) in [6, 6.07) is 7.37. The molecule has 0 unspecified atom stereocenters. The minimum atomic E-state index is -1.96. The van der Waals surface area contributed by atoms with Crippen LogP contribution in [0.5, 0.6) is 0 Å². The first-order valence-corrected chi connectivity index (χ1v) is 6.36. The molecular formula is C14H12N4O2. The number of esters is 1. The molecule has 0 aliphatic heterocycles. The SMILES string of the molecule is CCOC(=O)[C@@]12CC[C@@H](C1)C(C#N)(C#N)C2(C#N)C#N. The minimum Gasteiger partial charge on any atom is -0.465 e. The third-order valence-electron chi connectivity index (χ3n) is 4.79. The zero-order valence-electron chi connectivity index (χ0n) is 11.0. The fraction of sp³-hybridized carbons (Fsp3) is 0.643. The van der Waals surface area contributed by atoms with Gasteiger partial charge in [-0.25, -0.2) is 0 Å². The number of nitrogens with zero attached hydrogens (tertiary/aromatic N) is 4. The van der Waals surface area contributed by atoms with Crippen molar-refractivity contribution in [1.82, 2.24) is 0 Å². The maximum atomic E-state index is 12.3. The van der Waals surface area contributed by atoms with Crippen molar-refractivity contribution in [2.75, 3.05) is 6.61 Å². The molecule has 0 aromatic rings. The summed E-state index contributed by atoms with van der Waals surface area (Å²) >= 11 is 0. The van der Waals surface area contributed by atoms with Gasteiger partial charge >= 0.3 is 5.97 Å². The van der Waals surface area contributed by atoms with Gasteiger partial charge in [-0.2, -0.15) is 21.0 Å². The Hall–Kier alpha value is -2.57. The molecule has 0 saturated heterocycles.